The first-order valence-corrected chi connectivity index (χ1v) is 9.05. The monoisotopic (exact) mass is 318 g/mol. The van der Waals surface area contributed by atoms with Gasteiger partial charge in [0.25, 0.3) is 0 Å². The molecular weight excluding hydrogens is 284 g/mol. The maximum absolute atomic E-state index is 2.51. The van der Waals surface area contributed by atoms with E-state index >= 15 is 0 Å². The van der Waals surface area contributed by atoms with Crippen LogP contribution in [0.3, 0.4) is 0 Å². The number of imidazole rings is 2. The molecule has 0 unspecified atom stereocenters. The predicted molar refractivity (Wildman–Crippen MR) is 94.2 cm³/mol. The Kier molecular flexibility index (Phi) is 5.66. The van der Waals surface area contributed by atoms with Crippen LogP contribution in [0.1, 0.15) is 56.6 Å². The van der Waals surface area contributed by atoms with E-state index in [9.17, 15) is 0 Å². The molecule has 0 spiro atoms. The third-order valence-corrected chi connectivity index (χ3v) is 5.15. The molecule has 2 heterocycles. The lowest BCUT2D eigenvalue weighted by Gasteiger charge is -2.04. The Morgan fingerprint density at radius 3 is 2.26 bits per heavy atom. The topological polar surface area (TPSA) is 17.6 Å². The second-order valence-electron chi connectivity index (χ2n) is 6.76. The number of unbranched alkanes of at least 4 members (excludes halogenated alkanes) is 2. The fourth-order valence-electron chi connectivity index (χ4n) is 3.31. The van der Waals surface area contributed by atoms with Crippen LogP contribution in [0.15, 0.2) is 6.20 Å². The van der Waals surface area contributed by atoms with Crippen molar-refractivity contribution in [3.05, 3.63) is 23.3 Å². The van der Waals surface area contributed by atoms with E-state index in [2.05, 4.69) is 73.2 Å². The summed E-state index contributed by atoms with van der Waals surface area (Å²) in [5.41, 5.74) is 4.06. The van der Waals surface area contributed by atoms with Crippen molar-refractivity contribution in [3.63, 3.8) is 0 Å². The van der Waals surface area contributed by atoms with Crippen LogP contribution in [0, 0.1) is 20.8 Å². The van der Waals surface area contributed by atoms with Gasteiger partial charge < -0.3 is 0 Å². The number of rotatable bonds is 7. The summed E-state index contributed by atoms with van der Waals surface area (Å²) in [5, 5.41) is 0. The number of nitrogens with zero attached hydrogens (tertiary/aromatic N) is 4. The molecule has 0 N–H and O–H groups in total. The molecule has 0 aliphatic heterocycles. The summed E-state index contributed by atoms with van der Waals surface area (Å²) in [4.78, 5) is 0. The van der Waals surface area contributed by atoms with Gasteiger partial charge in [-0.25, -0.2) is 18.3 Å². The Hall–Kier alpha value is -1.58. The summed E-state index contributed by atoms with van der Waals surface area (Å²) in [6.45, 7) is 13.4. The molecule has 0 radical (unpaired) electrons. The fourth-order valence-corrected chi connectivity index (χ4v) is 3.31. The minimum atomic E-state index is 1.09. The van der Waals surface area contributed by atoms with Crippen LogP contribution < -0.4 is 9.13 Å². The zero-order valence-electron chi connectivity index (χ0n) is 16.1. The van der Waals surface area contributed by atoms with E-state index in [0.29, 0.717) is 0 Å². The van der Waals surface area contributed by atoms with Gasteiger partial charge in [0.2, 0.25) is 0 Å². The van der Waals surface area contributed by atoms with Crippen LogP contribution in [0.4, 0.5) is 0 Å². The third kappa shape index (κ3) is 3.22. The Morgan fingerprint density at radius 1 is 1.00 bits per heavy atom. The van der Waals surface area contributed by atoms with Crippen molar-refractivity contribution < 1.29 is 9.13 Å². The smallest absolute Gasteiger partial charge is 0.223 e. The quantitative estimate of drug-likeness (QED) is 0.698. The van der Waals surface area contributed by atoms with Gasteiger partial charge in [-0.2, -0.15) is 0 Å². The molecule has 0 amide bonds. The van der Waals surface area contributed by atoms with Gasteiger partial charge in [0.1, 0.15) is 23.3 Å². The molecule has 4 heteroatoms. The minimum Gasteiger partial charge on any atom is -0.223 e. The van der Waals surface area contributed by atoms with Crippen LogP contribution in [0.2, 0.25) is 0 Å². The van der Waals surface area contributed by atoms with Gasteiger partial charge in [-0.1, -0.05) is 26.7 Å². The highest BCUT2D eigenvalue weighted by Crippen LogP contribution is 2.20. The van der Waals surface area contributed by atoms with Gasteiger partial charge in [-0.3, -0.25) is 0 Å². The zero-order chi connectivity index (χ0) is 17.1. The zero-order valence-corrected chi connectivity index (χ0v) is 16.1. The van der Waals surface area contributed by atoms with Gasteiger partial charge in [-0.05, 0) is 12.8 Å². The van der Waals surface area contributed by atoms with Crippen LogP contribution >= 0.6 is 0 Å². The van der Waals surface area contributed by atoms with E-state index in [1.54, 1.807) is 0 Å². The van der Waals surface area contributed by atoms with Crippen LogP contribution in [-0.2, 0) is 27.2 Å². The summed E-state index contributed by atoms with van der Waals surface area (Å²) in [6, 6.07) is 0. The normalized spacial score (nSPS) is 11.4. The van der Waals surface area contributed by atoms with Crippen LogP contribution in [0.5, 0.6) is 0 Å². The van der Waals surface area contributed by atoms with E-state index in [1.165, 1.54) is 54.4 Å². The first-order valence-electron chi connectivity index (χ1n) is 9.05. The van der Waals surface area contributed by atoms with Gasteiger partial charge in [0.15, 0.2) is 0 Å². The SMILES string of the molecule is CCCCn1c(C)c(C)[n+](C)c1-c1n(C)c(C)c[n+]1CCCC. The van der Waals surface area contributed by atoms with Crippen molar-refractivity contribution in [2.24, 2.45) is 14.1 Å². The van der Waals surface area contributed by atoms with Crippen LogP contribution in [-0.4, -0.2) is 9.13 Å². The van der Waals surface area contributed by atoms with Crippen molar-refractivity contribution >= 4 is 0 Å². The second-order valence-corrected chi connectivity index (χ2v) is 6.76. The average molecular weight is 319 g/mol. The van der Waals surface area contributed by atoms with Crippen molar-refractivity contribution in [1.29, 1.82) is 0 Å². The number of hydrogen-bond acceptors (Lipinski definition) is 0. The third-order valence-electron chi connectivity index (χ3n) is 5.15. The second kappa shape index (κ2) is 7.33. The molecule has 23 heavy (non-hydrogen) atoms. The molecule has 0 aliphatic carbocycles. The molecule has 0 atom stereocenters. The molecule has 0 aliphatic rings. The van der Waals surface area contributed by atoms with E-state index in [-0.39, 0.29) is 0 Å². The van der Waals surface area contributed by atoms with E-state index in [1.807, 2.05) is 0 Å². The van der Waals surface area contributed by atoms with Gasteiger partial charge in [0, 0.05) is 20.8 Å². The van der Waals surface area contributed by atoms with Gasteiger partial charge >= 0.3 is 11.6 Å². The minimum absolute atomic E-state index is 1.09. The highest BCUT2D eigenvalue weighted by atomic mass is 15.3. The van der Waals surface area contributed by atoms with E-state index in [4.69, 9.17) is 0 Å². The van der Waals surface area contributed by atoms with Crippen molar-refractivity contribution in [2.75, 3.05) is 0 Å². The highest BCUT2D eigenvalue weighted by molar-refractivity contribution is 5.40. The molecule has 0 fully saturated rings. The van der Waals surface area contributed by atoms with E-state index < -0.39 is 0 Å². The highest BCUT2D eigenvalue weighted by Gasteiger charge is 2.34. The average Bonchev–Trinajstić information content (AvgIpc) is 2.92. The lowest BCUT2D eigenvalue weighted by Crippen LogP contribution is -2.41. The van der Waals surface area contributed by atoms with Gasteiger partial charge in [0.05, 0.1) is 27.2 Å². The molecule has 0 saturated carbocycles. The van der Waals surface area contributed by atoms with Crippen molar-refractivity contribution in [2.45, 2.75) is 73.4 Å². The van der Waals surface area contributed by atoms with Crippen molar-refractivity contribution in [1.82, 2.24) is 9.13 Å². The Bertz CT molecular complexity index is 676. The van der Waals surface area contributed by atoms with Crippen molar-refractivity contribution in [3.8, 4) is 11.6 Å². The molecule has 0 aromatic carbocycles. The summed E-state index contributed by atoms with van der Waals surface area (Å²) in [6.07, 6.45) is 7.19. The molecule has 2 aromatic rings. The first kappa shape index (κ1) is 17.8. The Morgan fingerprint density at radius 2 is 1.65 bits per heavy atom. The Balaban J connectivity index is 2.63. The maximum atomic E-state index is 2.51. The molecule has 2 rings (SSSR count). The molecule has 128 valence electrons. The molecular formula is C19H34N4+2. The lowest BCUT2D eigenvalue weighted by atomic mass is 10.3. The summed E-state index contributed by atoms with van der Waals surface area (Å²) >= 11 is 0. The summed E-state index contributed by atoms with van der Waals surface area (Å²) in [7, 11) is 4.39. The number of aryl methyl sites for hydroxylation is 2. The standard InChI is InChI=1S/C19H34N4/c1-8-10-12-22-14-15(3)20(6)18(22)19-21(7)16(4)17(5)23(19)13-11-9-2/h14H,8-13H2,1-7H3/q+2. The van der Waals surface area contributed by atoms with E-state index in [0.717, 1.165) is 13.1 Å². The fraction of sp³-hybridized carbons (Fsp3) is 0.684. The number of aromatic nitrogens is 4. The summed E-state index contributed by atoms with van der Waals surface area (Å²) in [5.74, 6) is 2.66. The lowest BCUT2D eigenvalue weighted by molar-refractivity contribution is -0.707. The number of hydrogen-bond donors (Lipinski definition) is 0. The predicted octanol–water partition coefficient (Wildman–Crippen LogP) is 3.13. The van der Waals surface area contributed by atoms with Gasteiger partial charge in [-0.15, -0.1) is 0 Å². The van der Waals surface area contributed by atoms with Crippen LogP contribution in [0.25, 0.3) is 11.6 Å². The molecule has 4 nitrogen and oxygen atoms in total. The Labute approximate surface area is 141 Å². The molecule has 0 saturated heterocycles. The summed E-state index contributed by atoms with van der Waals surface area (Å²) < 4.78 is 9.65. The maximum Gasteiger partial charge on any atom is 0.373 e. The first-order chi connectivity index (χ1) is 10.9. The molecule has 2 aromatic heterocycles. The largest absolute Gasteiger partial charge is 0.373 e. The molecule has 0 bridgehead atoms.